The van der Waals surface area contributed by atoms with Crippen molar-refractivity contribution in [3.63, 3.8) is 0 Å². The zero-order chi connectivity index (χ0) is 14.1. The minimum absolute atomic E-state index is 0.740. The normalized spacial score (nSPS) is 10.8. The molecule has 0 amide bonds. The lowest BCUT2D eigenvalue weighted by Crippen LogP contribution is -1.98. The first-order chi connectivity index (χ1) is 9.67. The first-order valence-corrected chi connectivity index (χ1v) is 7.19. The van der Waals surface area contributed by atoms with E-state index in [9.17, 15) is 0 Å². The summed E-state index contributed by atoms with van der Waals surface area (Å²) in [6, 6.07) is 14.3. The van der Waals surface area contributed by atoms with Gasteiger partial charge in [-0.25, -0.2) is 9.97 Å². The minimum Gasteiger partial charge on any atom is -0.373 e. The maximum Gasteiger partial charge on any atom is 0.162 e. The summed E-state index contributed by atoms with van der Waals surface area (Å²) < 4.78 is 1.02. The topological polar surface area (TPSA) is 37.8 Å². The molecule has 0 fully saturated rings. The van der Waals surface area contributed by atoms with Gasteiger partial charge in [-0.3, -0.25) is 0 Å². The predicted octanol–water partition coefficient (Wildman–Crippen LogP) is 4.41. The van der Waals surface area contributed by atoms with Crippen molar-refractivity contribution in [2.24, 2.45) is 0 Å². The molecule has 0 aliphatic heterocycles. The Balaban J connectivity index is 2.22. The molecule has 4 heteroatoms. The van der Waals surface area contributed by atoms with Gasteiger partial charge in [0.25, 0.3) is 0 Å². The highest BCUT2D eigenvalue weighted by Gasteiger charge is 2.08. The quantitative estimate of drug-likeness (QED) is 0.757. The van der Waals surface area contributed by atoms with Crippen LogP contribution >= 0.6 is 15.9 Å². The van der Waals surface area contributed by atoms with E-state index in [4.69, 9.17) is 0 Å². The molecule has 0 spiro atoms. The third-order valence-electron chi connectivity index (χ3n) is 3.20. The molecule has 1 heterocycles. The van der Waals surface area contributed by atoms with E-state index in [1.54, 1.807) is 0 Å². The molecule has 2 aromatic carbocycles. The van der Waals surface area contributed by atoms with Crippen LogP contribution in [0.1, 0.15) is 5.56 Å². The lowest BCUT2D eigenvalue weighted by molar-refractivity contribution is 1.21. The first-order valence-electron chi connectivity index (χ1n) is 6.39. The zero-order valence-electron chi connectivity index (χ0n) is 11.3. The molecule has 0 unspecified atom stereocenters. The SMILES string of the molecule is CNc1nc(-c2ccc(C)cc2)nc2ccc(Br)cc12. The summed E-state index contributed by atoms with van der Waals surface area (Å²) in [6.07, 6.45) is 0. The molecule has 0 saturated carbocycles. The van der Waals surface area contributed by atoms with Crippen LogP contribution in [-0.4, -0.2) is 17.0 Å². The Morgan fingerprint density at radius 3 is 2.45 bits per heavy atom. The van der Waals surface area contributed by atoms with Crippen molar-refractivity contribution in [1.29, 1.82) is 0 Å². The number of anilines is 1. The largest absolute Gasteiger partial charge is 0.373 e. The lowest BCUT2D eigenvalue weighted by Gasteiger charge is -2.09. The molecule has 3 nitrogen and oxygen atoms in total. The van der Waals surface area contributed by atoms with Crippen LogP contribution < -0.4 is 5.32 Å². The van der Waals surface area contributed by atoms with E-state index in [2.05, 4.69) is 62.4 Å². The van der Waals surface area contributed by atoms with E-state index in [-0.39, 0.29) is 0 Å². The van der Waals surface area contributed by atoms with Crippen molar-refractivity contribution < 1.29 is 0 Å². The second-order valence-corrected chi connectivity index (χ2v) is 5.59. The average Bonchev–Trinajstić information content (AvgIpc) is 2.47. The fourth-order valence-corrected chi connectivity index (χ4v) is 2.48. The number of nitrogens with one attached hydrogen (secondary N) is 1. The van der Waals surface area contributed by atoms with Crippen molar-refractivity contribution in [1.82, 2.24) is 9.97 Å². The van der Waals surface area contributed by atoms with Gasteiger partial charge in [0, 0.05) is 22.5 Å². The number of hydrogen-bond acceptors (Lipinski definition) is 3. The van der Waals surface area contributed by atoms with Crippen LogP contribution in [-0.2, 0) is 0 Å². The van der Waals surface area contributed by atoms with Crippen molar-refractivity contribution in [3.8, 4) is 11.4 Å². The number of halogens is 1. The molecular weight excluding hydrogens is 314 g/mol. The molecule has 0 aliphatic rings. The number of hydrogen-bond donors (Lipinski definition) is 1. The van der Waals surface area contributed by atoms with E-state index in [0.717, 1.165) is 32.6 Å². The lowest BCUT2D eigenvalue weighted by atomic mass is 10.1. The number of aryl methyl sites for hydroxylation is 1. The Labute approximate surface area is 126 Å². The second-order valence-electron chi connectivity index (χ2n) is 4.67. The van der Waals surface area contributed by atoms with Gasteiger partial charge in [0.1, 0.15) is 5.82 Å². The molecule has 0 bridgehead atoms. The molecule has 0 radical (unpaired) electrons. The van der Waals surface area contributed by atoms with Crippen molar-refractivity contribution in [3.05, 3.63) is 52.5 Å². The number of nitrogens with zero attached hydrogens (tertiary/aromatic N) is 2. The molecule has 0 saturated heterocycles. The van der Waals surface area contributed by atoms with Gasteiger partial charge in [-0.1, -0.05) is 45.8 Å². The summed E-state index contributed by atoms with van der Waals surface area (Å²) in [6.45, 7) is 2.07. The second kappa shape index (κ2) is 5.21. The zero-order valence-corrected chi connectivity index (χ0v) is 12.9. The van der Waals surface area contributed by atoms with Crippen LogP contribution in [0.3, 0.4) is 0 Å². The fourth-order valence-electron chi connectivity index (χ4n) is 2.12. The molecule has 20 heavy (non-hydrogen) atoms. The maximum absolute atomic E-state index is 4.65. The predicted molar refractivity (Wildman–Crippen MR) is 87.0 cm³/mol. The molecule has 100 valence electrons. The van der Waals surface area contributed by atoms with Crippen molar-refractivity contribution >= 4 is 32.7 Å². The van der Waals surface area contributed by atoms with E-state index in [1.807, 2.05) is 25.2 Å². The Kier molecular flexibility index (Phi) is 3.40. The van der Waals surface area contributed by atoms with Crippen LogP contribution in [0.5, 0.6) is 0 Å². The highest BCUT2D eigenvalue weighted by atomic mass is 79.9. The maximum atomic E-state index is 4.65. The van der Waals surface area contributed by atoms with Crippen LogP contribution in [0.15, 0.2) is 46.9 Å². The summed E-state index contributed by atoms with van der Waals surface area (Å²) in [5, 5.41) is 4.16. The Morgan fingerprint density at radius 2 is 1.75 bits per heavy atom. The molecule has 3 rings (SSSR count). The number of aromatic nitrogens is 2. The smallest absolute Gasteiger partial charge is 0.162 e. The van der Waals surface area contributed by atoms with Gasteiger partial charge >= 0.3 is 0 Å². The molecule has 3 aromatic rings. The van der Waals surface area contributed by atoms with Gasteiger partial charge in [0.05, 0.1) is 5.52 Å². The molecule has 0 aliphatic carbocycles. The minimum atomic E-state index is 0.740. The van der Waals surface area contributed by atoms with Crippen molar-refractivity contribution in [2.75, 3.05) is 12.4 Å². The van der Waals surface area contributed by atoms with E-state index >= 15 is 0 Å². The molecule has 1 aromatic heterocycles. The Bertz CT molecular complexity index is 767. The summed E-state index contributed by atoms with van der Waals surface area (Å²) in [7, 11) is 1.88. The molecule has 1 N–H and O–H groups in total. The molecule has 0 atom stereocenters. The standard InChI is InChI=1S/C16H14BrN3/c1-10-3-5-11(6-4-10)15-19-14-8-7-12(17)9-13(14)16(18-2)20-15/h3-9H,1-2H3,(H,18,19,20). The highest BCUT2D eigenvalue weighted by molar-refractivity contribution is 9.10. The summed E-state index contributed by atoms with van der Waals surface area (Å²) in [5.74, 6) is 1.58. The summed E-state index contributed by atoms with van der Waals surface area (Å²) in [5.41, 5.74) is 3.19. The fraction of sp³-hybridized carbons (Fsp3) is 0.125. The Hall–Kier alpha value is -1.94. The van der Waals surface area contributed by atoms with E-state index in [1.165, 1.54) is 5.56 Å². The summed E-state index contributed by atoms with van der Waals surface area (Å²) in [4.78, 5) is 9.27. The van der Waals surface area contributed by atoms with Gasteiger partial charge in [-0.15, -0.1) is 0 Å². The third kappa shape index (κ3) is 2.39. The van der Waals surface area contributed by atoms with Crippen molar-refractivity contribution in [2.45, 2.75) is 6.92 Å². The van der Waals surface area contributed by atoms with Gasteiger partial charge in [0.2, 0.25) is 0 Å². The third-order valence-corrected chi connectivity index (χ3v) is 3.70. The number of benzene rings is 2. The van der Waals surface area contributed by atoms with Gasteiger partial charge < -0.3 is 5.32 Å². The first kappa shape index (κ1) is 13.1. The monoisotopic (exact) mass is 327 g/mol. The molecular formula is C16H14BrN3. The number of fused-ring (bicyclic) bond motifs is 1. The van der Waals surface area contributed by atoms with Gasteiger partial charge in [-0.2, -0.15) is 0 Å². The van der Waals surface area contributed by atoms with Crippen LogP contribution in [0.25, 0.3) is 22.3 Å². The van der Waals surface area contributed by atoms with E-state index in [0.29, 0.717) is 0 Å². The summed E-state index contributed by atoms with van der Waals surface area (Å²) >= 11 is 3.48. The number of rotatable bonds is 2. The Morgan fingerprint density at radius 1 is 1.00 bits per heavy atom. The van der Waals surface area contributed by atoms with E-state index < -0.39 is 0 Å². The van der Waals surface area contributed by atoms with Crippen LogP contribution in [0.4, 0.5) is 5.82 Å². The highest BCUT2D eigenvalue weighted by Crippen LogP contribution is 2.27. The van der Waals surface area contributed by atoms with Gasteiger partial charge in [0.15, 0.2) is 5.82 Å². The van der Waals surface area contributed by atoms with Crippen LogP contribution in [0.2, 0.25) is 0 Å². The van der Waals surface area contributed by atoms with Gasteiger partial charge in [-0.05, 0) is 25.1 Å². The average molecular weight is 328 g/mol. The van der Waals surface area contributed by atoms with Crippen LogP contribution in [0, 0.1) is 6.92 Å².